The van der Waals surface area contributed by atoms with Crippen molar-refractivity contribution in [3.05, 3.63) is 83.7 Å². The Morgan fingerprint density at radius 1 is 1.00 bits per heavy atom. The van der Waals surface area contributed by atoms with Gasteiger partial charge in [0.05, 0.1) is 12.0 Å². The summed E-state index contributed by atoms with van der Waals surface area (Å²) in [6.45, 7) is 3.16. The number of aryl methyl sites for hydroxylation is 1. The fourth-order valence-electron chi connectivity index (χ4n) is 4.47. The number of benzene rings is 2. The Morgan fingerprint density at radius 2 is 1.70 bits per heavy atom. The molecule has 1 aromatic heterocycles. The number of nitrogens with zero attached hydrogens (tertiary/aromatic N) is 2. The summed E-state index contributed by atoms with van der Waals surface area (Å²) in [5.74, 6) is 0.847. The quantitative estimate of drug-likeness (QED) is 0.640. The molecule has 0 N–H and O–H groups in total. The van der Waals surface area contributed by atoms with Gasteiger partial charge in [-0.3, -0.25) is 9.59 Å². The number of likely N-dealkylation sites (tertiary alicyclic amines) is 1. The molecule has 1 amide bonds. The normalized spacial score (nSPS) is 17.5. The van der Waals surface area contributed by atoms with E-state index in [4.69, 9.17) is 4.74 Å². The van der Waals surface area contributed by atoms with E-state index >= 15 is 0 Å². The van der Waals surface area contributed by atoms with E-state index in [0.29, 0.717) is 49.2 Å². The second-order valence-electron chi connectivity index (χ2n) is 8.31. The van der Waals surface area contributed by atoms with Crippen molar-refractivity contribution in [2.45, 2.75) is 31.8 Å². The molecule has 0 atom stereocenters. The van der Waals surface area contributed by atoms with E-state index in [-0.39, 0.29) is 11.7 Å². The second kappa shape index (κ2) is 7.17. The lowest BCUT2D eigenvalue weighted by atomic mass is 9.82. The minimum Gasteiger partial charge on any atom is -0.486 e. The van der Waals surface area contributed by atoms with Crippen LogP contribution in [0.4, 0.5) is 0 Å². The van der Waals surface area contributed by atoms with Crippen LogP contribution in [0.25, 0.3) is 5.69 Å². The first-order valence-corrected chi connectivity index (χ1v) is 10.4. The molecule has 2 aromatic carbocycles. The molecule has 1 saturated heterocycles. The molecule has 3 aromatic rings. The first-order chi connectivity index (χ1) is 14.5. The number of hydrogen-bond acceptors (Lipinski definition) is 3. The maximum Gasteiger partial charge on any atom is 0.253 e. The van der Waals surface area contributed by atoms with Gasteiger partial charge in [-0.2, -0.15) is 0 Å². The minimum absolute atomic E-state index is 0.0297. The average Bonchev–Trinajstić information content (AvgIpc) is 3.30. The van der Waals surface area contributed by atoms with Gasteiger partial charge in [0.25, 0.3) is 5.91 Å². The standard InChI is InChI=1S/C25H24N2O3/c1-18-4-9-23-21(16-18)22(28)17-25(30-23)10-14-27(15-11-25)24(29)19-5-7-20(8-6-19)26-12-2-3-13-26/h2-9,12-13,16H,10-11,14-15,17H2,1H3. The number of aromatic nitrogens is 1. The predicted octanol–water partition coefficient (Wildman–Crippen LogP) is 4.43. The second-order valence-corrected chi connectivity index (χ2v) is 8.31. The molecule has 5 heteroatoms. The zero-order valence-electron chi connectivity index (χ0n) is 17.0. The Labute approximate surface area is 175 Å². The molecule has 5 rings (SSSR count). The van der Waals surface area contributed by atoms with E-state index in [1.165, 1.54) is 0 Å². The van der Waals surface area contributed by atoms with Gasteiger partial charge in [0.2, 0.25) is 0 Å². The molecular weight excluding hydrogens is 376 g/mol. The van der Waals surface area contributed by atoms with Gasteiger partial charge in [0.1, 0.15) is 11.4 Å². The molecule has 0 bridgehead atoms. The van der Waals surface area contributed by atoms with Crippen molar-refractivity contribution in [2.75, 3.05) is 13.1 Å². The molecule has 0 radical (unpaired) electrons. The van der Waals surface area contributed by atoms with Crippen LogP contribution in [0.15, 0.2) is 67.0 Å². The Morgan fingerprint density at radius 3 is 2.40 bits per heavy atom. The molecule has 3 heterocycles. The Kier molecular flexibility index (Phi) is 4.46. The van der Waals surface area contributed by atoms with Crippen molar-refractivity contribution in [1.82, 2.24) is 9.47 Å². The molecule has 0 saturated carbocycles. The minimum atomic E-state index is -0.492. The van der Waals surface area contributed by atoms with Gasteiger partial charge in [-0.25, -0.2) is 0 Å². The van der Waals surface area contributed by atoms with E-state index in [1.807, 2.05) is 83.4 Å². The highest BCUT2D eigenvalue weighted by atomic mass is 16.5. The summed E-state index contributed by atoms with van der Waals surface area (Å²) in [6.07, 6.45) is 5.67. The number of hydrogen-bond donors (Lipinski definition) is 0. The van der Waals surface area contributed by atoms with Gasteiger partial charge in [-0.05, 0) is 55.5 Å². The fourth-order valence-corrected chi connectivity index (χ4v) is 4.47. The summed E-state index contributed by atoms with van der Waals surface area (Å²) >= 11 is 0. The Balaban J connectivity index is 1.27. The molecule has 30 heavy (non-hydrogen) atoms. The first-order valence-electron chi connectivity index (χ1n) is 10.4. The number of amides is 1. The molecule has 1 fully saturated rings. The van der Waals surface area contributed by atoms with Crippen LogP contribution in [0.3, 0.4) is 0 Å². The van der Waals surface area contributed by atoms with Gasteiger partial charge < -0.3 is 14.2 Å². The van der Waals surface area contributed by atoms with Crippen molar-refractivity contribution in [3.8, 4) is 11.4 Å². The third kappa shape index (κ3) is 3.30. The van der Waals surface area contributed by atoms with Crippen LogP contribution in [0.2, 0.25) is 0 Å². The van der Waals surface area contributed by atoms with Crippen LogP contribution in [0.1, 0.15) is 45.5 Å². The zero-order valence-corrected chi connectivity index (χ0v) is 17.0. The van der Waals surface area contributed by atoms with Gasteiger partial charge in [-0.1, -0.05) is 11.6 Å². The summed E-state index contributed by atoms with van der Waals surface area (Å²) in [6, 6.07) is 17.4. The highest BCUT2D eigenvalue weighted by Crippen LogP contribution is 2.39. The van der Waals surface area contributed by atoms with Crippen molar-refractivity contribution in [1.29, 1.82) is 0 Å². The van der Waals surface area contributed by atoms with E-state index in [1.54, 1.807) is 0 Å². The molecule has 2 aliphatic rings. The highest BCUT2D eigenvalue weighted by Gasteiger charge is 2.43. The summed E-state index contributed by atoms with van der Waals surface area (Å²) in [4.78, 5) is 27.6. The molecule has 152 valence electrons. The molecule has 1 spiro atoms. The lowest BCUT2D eigenvalue weighted by molar-refractivity contribution is -0.00572. The van der Waals surface area contributed by atoms with Gasteiger partial charge in [0.15, 0.2) is 5.78 Å². The largest absolute Gasteiger partial charge is 0.486 e. The summed E-state index contributed by atoms with van der Waals surface area (Å²) in [5, 5.41) is 0. The maximum atomic E-state index is 13.0. The number of piperidine rings is 1. The zero-order chi connectivity index (χ0) is 20.7. The van der Waals surface area contributed by atoms with E-state index in [0.717, 1.165) is 11.3 Å². The van der Waals surface area contributed by atoms with E-state index in [9.17, 15) is 9.59 Å². The Hall–Kier alpha value is -3.34. The van der Waals surface area contributed by atoms with Crippen molar-refractivity contribution >= 4 is 11.7 Å². The van der Waals surface area contributed by atoms with Gasteiger partial charge in [-0.15, -0.1) is 0 Å². The first kappa shape index (κ1) is 18.7. The van der Waals surface area contributed by atoms with Crippen LogP contribution in [0, 0.1) is 6.92 Å². The number of fused-ring (bicyclic) bond motifs is 1. The smallest absolute Gasteiger partial charge is 0.253 e. The molecule has 0 unspecified atom stereocenters. The number of carbonyl (C=O) groups is 2. The molecule has 5 nitrogen and oxygen atoms in total. The van der Waals surface area contributed by atoms with Crippen LogP contribution in [-0.2, 0) is 0 Å². The third-order valence-corrected chi connectivity index (χ3v) is 6.22. The van der Waals surface area contributed by atoms with E-state index < -0.39 is 5.60 Å². The van der Waals surface area contributed by atoms with Gasteiger partial charge in [0, 0.05) is 49.6 Å². The molecular formula is C25H24N2O3. The lowest BCUT2D eigenvalue weighted by Gasteiger charge is -2.44. The maximum absolute atomic E-state index is 13.0. The Bertz CT molecular complexity index is 1090. The van der Waals surface area contributed by atoms with Gasteiger partial charge >= 0.3 is 0 Å². The van der Waals surface area contributed by atoms with Crippen molar-refractivity contribution in [2.24, 2.45) is 0 Å². The van der Waals surface area contributed by atoms with Crippen LogP contribution < -0.4 is 4.74 Å². The number of rotatable bonds is 2. The fraction of sp³-hybridized carbons (Fsp3) is 0.280. The van der Waals surface area contributed by atoms with E-state index in [2.05, 4.69) is 0 Å². The number of Topliss-reactive ketones (excluding diaryl/α,β-unsaturated/α-hetero) is 1. The summed E-state index contributed by atoms with van der Waals surface area (Å²) in [7, 11) is 0. The summed E-state index contributed by atoms with van der Waals surface area (Å²) < 4.78 is 8.32. The van der Waals surface area contributed by atoms with Crippen LogP contribution >= 0.6 is 0 Å². The molecule has 0 aliphatic carbocycles. The average molecular weight is 400 g/mol. The number of ketones is 1. The SMILES string of the molecule is Cc1ccc2c(c1)C(=O)CC1(CCN(C(=O)c3ccc(-n4cccc4)cc3)CC1)O2. The van der Waals surface area contributed by atoms with Crippen molar-refractivity contribution in [3.63, 3.8) is 0 Å². The van der Waals surface area contributed by atoms with Crippen molar-refractivity contribution < 1.29 is 14.3 Å². The number of ether oxygens (including phenoxy) is 1. The summed E-state index contributed by atoms with van der Waals surface area (Å²) in [5.41, 5.74) is 2.96. The van der Waals surface area contributed by atoms with Crippen LogP contribution in [-0.4, -0.2) is 39.8 Å². The number of carbonyl (C=O) groups excluding carboxylic acids is 2. The topological polar surface area (TPSA) is 51.5 Å². The lowest BCUT2D eigenvalue weighted by Crippen LogP contribution is -2.52. The third-order valence-electron chi connectivity index (χ3n) is 6.22. The van der Waals surface area contributed by atoms with Crippen LogP contribution in [0.5, 0.6) is 5.75 Å². The monoisotopic (exact) mass is 400 g/mol. The predicted molar refractivity (Wildman–Crippen MR) is 114 cm³/mol. The highest BCUT2D eigenvalue weighted by molar-refractivity contribution is 6.00. The molecule has 2 aliphatic heterocycles.